The highest BCUT2D eigenvalue weighted by Crippen LogP contribution is 2.52. The predicted octanol–water partition coefficient (Wildman–Crippen LogP) is 16.8. The fraction of sp³-hybridized carbons (Fsp3) is 0.336. The van der Waals surface area contributed by atoms with Gasteiger partial charge in [0.25, 0.3) is 0 Å². The lowest BCUT2D eigenvalue weighted by molar-refractivity contribution is 0.0777. The highest BCUT2D eigenvalue weighted by Gasteiger charge is 2.49. The first kappa shape index (κ1) is 96.9. The highest BCUT2D eigenvalue weighted by molar-refractivity contribution is 5.80. The summed E-state index contributed by atoms with van der Waals surface area (Å²) in [5, 5.41) is 72.1. The van der Waals surface area contributed by atoms with Crippen LogP contribution >= 0.6 is 0 Å². The molecule has 0 aliphatic carbocycles. The largest absolute Gasteiger partial charge is 0.482 e. The van der Waals surface area contributed by atoms with Crippen LogP contribution in [0.25, 0.3) is 55.6 Å². The van der Waals surface area contributed by atoms with Crippen LogP contribution in [0.1, 0.15) is 225 Å². The average molecular weight is 1970 g/mol. The Labute approximate surface area is 858 Å². The smallest absolute Gasteiger partial charge is 0.166 e. The van der Waals surface area contributed by atoms with Crippen molar-refractivity contribution in [2.75, 3.05) is 71.7 Å². The number of rotatable bonds is 0. The summed E-state index contributed by atoms with van der Waals surface area (Å²) in [6.07, 6.45) is 12.1. The van der Waals surface area contributed by atoms with Gasteiger partial charge in [-0.2, -0.15) is 51.8 Å². The lowest BCUT2D eigenvalue weighted by atomic mass is 9.87. The summed E-state index contributed by atoms with van der Waals surface area (Å²) < 4.78 is 39.8. The van der Waals surface area contributed by atoms with Crippen LogP contribution in [-0.4, -0.2) is 140 Å². The molecule has 20 heterocycles. The van der Waals surface area contributed by atoms with Crippen LogP contribution in [0.2, 0.25) is 0 Å². The summed E-state index contributed by atoms with van der Waals surface area (Å²) in [6, 6.07) is 55.4. The zero-order chi connectivity index (χ0) is 104. The van der Waals surface area contributed by atoms with Crippen LogP contribution in [0.3, 0.4) is 0 Å². The van der Waals surface area contributed by atoms with E-state index in [0.29, 0.717) is 136 Å². The van der Waals surface area contributed by atoms with Gasteiger partial charge in [0, 0.05) is 227 Å². The second-order valence-electron chi connectivity index (χ2n) is 40.3. The zero-order valence-corrected chi connectivity index (χ0v) is 85.7. The lowest BCUT2D eigenvalue weighted by Crippen LogP contribution is -2.49. The summed E-state index contributed by atoms with van der Waals surface area (Å²) in [4.78, 5) is 33.7. The Morgan fingerprint density at radius 3 is 0.966 bits per heavy atom. The van der Waals surface area contributed by atoms with Gasteiger partial charge in [0.05, 0.1) is 40.6 Å². The molecule has 0 amide bonds. The second-order valence-corrected chi connectivity index (χ2v) is 40.3. The molecule has 5 fully saturated rings. The molecule has 0 radical (unpaired) electrons. The number of benzene rings is 5. The van der Waals surface area contributed by atoms with Crippen molar-refractivity contribution < 1.29 is 23.7 Å². The molecule has 15 aromatic rings. The van der Waals surface area contributed by atoms with E-state index in [-0.39, 0.29) is 30.5 Å². The molecule has 10 aliphatic heterocycles. The molecule has 5 saturated heterocycles. The van der Waals surface area contributed by atoms with Gasteiger partial charge in [-0.1, -0.05) is 107 Å². The molecule has 25 rings (SSSR count). The van der Waals surface area contributed by atoms with Gasteiger partial charge in [0.1, 0.15) is 89.3 Å². The monoisotopic (exact) mass is 1970 g/mol. The Bertz CT molecular complexity index is 7540. The minimum absolute atomic E-state index is 0.171. The van der Waals surface area contributed by atoms with Crippen molar-refractivity contribution in [2.45, 2.75) is 181 Å². The first-order valence-corrected chi connectivity index (χ1v) is 49.9. The number of fused-ring (bicyclic) bond motifs is 35. The average Bonchev–Trinajstić information content (AvgIpc) is 1.60. The maximum Gasteiger partial charge on any atom is 0.166 e. The molecule has 10 aromatic heterocycles. The molecule has 148 heavy (non-hydrogen) atoms. The number of nitrogens with two attached hydrogens (primary N) is 5. The number of nitrogen functional groups attached to an aromatic ring is 5. The fourth-order valence-electron chi connectivity index (χ4n) is 22.3. The highest BCUT2D eigenvalue weighted by atomic mass is 16.5. The second kappa shape index (κ2) is 38.4. The lowest BCUT2D eigenvalue weighted by Gasteiger charge is -2.44. The number of aryl methyl sites for hydroxylation is 10. The summed E-state index contributed by atoms with van der Waals surface area (Å²) in [5.41, 5.74) is 63.7. The zero-order valence-electron chi connectivity index (χ0n) is 85.7. The standard InChI is InChI=1S/3C23H24N6O.2C22H22N6O/c1-12-5-6-15-16(7-12)13(2)30-20-8-14(11-26-23(20)25)21-17(9-18-22(15)28(18)3)27-29(4)19(21)10-24;1-13-4-5-19-17(8-13)14(2)30-21-9-15(12-26-23(21)25)22-18(10-16-6-7-29(16)19)27-28(3)20(22)11-24;1-13-4-5-16-17(8-13)14(2)30-21-9-15(11-26-23(21)25)22-18(12-29-7-6-19(16)29)27-28(3)20(22)10-24;1-12-4-5-18-16(6-12)13(2)29-20-7-14(10-25-22(20)24)21-17(8-15-11-28(15)18)26-27(3)19(21)9-23;1-12-4-5-15-16(6-12)13(2)29-20-7-14(9-25-22(20)24)21-17(10-28-11-19(15)28)26-27(3)18(21)8-23/h5-8,11,13,18,22H,9H2,1-4H3,(H2,25,26);4-5,8-9,12,14,16H,6-7,10H2,1-3H3,(H2,25,26);4-5,8-9,11,14,19H,6-7,12H2,1-3H3,(H2,25,26);4-7,10,13,15H,8,11H2,1-3H3,(H2,24,25);4-7,9,13,19H,10-11H2,1-3H3,(H2,24,25)/t13-,18?,22?,28?;14-,16?;14-,19?;13-,15?,28?;13-,19?,28?/m11111/s1. The van der Waals surface area contributed by atoms with Crippen LogP contribution < -0.4 is 62.2 Å². The predicted molar refractivity (Wildman–Crippen MR) is 562 cm³/mol. The fourth-order valence-corrected chi connectivity index (χ4v) is 22.3. The molecular formula is C113H116N30O5. The number of nitriles is 5. The minimum atomic E-state index is -0.191. The molecule has 748 valence electrons. The Morgan fingerprint density at radius 1 is 0.311 bits per heavy atom. The SMILES string of the molecule is Cc1ccc2c(c1)[C@@H](C)Oc1cc(cnc1N)-c1c(nn(C)c1C#N)CC1C2N1C.Cc1ccc2c(c1)[C@@H](C)Oc1cc(cnc1N)-c1c(nn(C)c1C#N)CC1CCN21.Cc1ccc2c(c1)[C@@H](C)Oc1cc(cnc1N)-c1c(nn(C)c1C#N)CC1CN21.Cc1ccc2c(c1)[C@@H](C)Oc1cc(cnc1N)-c1c(nn(C)c1C#N)CN1CC21.Cc1ccc2c(c1)[C@@H](C)Oc1cc(cnc1N)-c1c(nn(C)c1C#N)CN1CCC21. The summed E-state index contributed by atoms with van der Waals surface area (Å²) >= 11 is 0. The Morgan fingerprint density at radius 2 is 0.615 bits per heavy atom. The number of pyridine rings is 5. The van der Waals surface area contributed by atoms with Gasteiger partial charge in [0.2, 0.25) is 0 Å². The molecule has 10 N–H and O–H groups in total. The molecule has 10 aliphatic rings. The number of nitrogens with zero attached hydrogens (tertiary/aromatic N) is 25. The van der Waals surface area contributed by atoms with Gasteiger partial charge in [-0.25, -0.2) is 24.9 Å². The van der Waals surface area contributed by atoms with Crippen molar-refractivity contribution in [3.8, 4) is 115 Å². The van der Waals surface area contributed by atoms with Crippen molar-refractivity contribution in [2.24, 2.45) is 35.2 Å². The third-order valence-electron chi connectivity index (χ3n) is 30.3. The molecule has 0 spiro atoms. The number of ether oxygens (including phenoxy) is 5. The van der Waals surface area contributed by atoms with E-state index in [1.165, 1.54) is 72.6 Å². The van der Waals surface area contributed by atoms with Crippen LogP contribution in [0, 0.1) is 91.3 Å². The van der Waals surface area contributed by atoms with E-state index in [1.807, 2.05) is 65.1 Å². The molecule has 0 saturated carbocycles. The van der Waals surface area contributed by atoms with Crippen LogP contribution in [0.15, 0.2) is 152 Å². The van der Waals surface area contributed by atoms with Crippen LogP contribution in [0.5, 0.6) is 28.7 Å². The minimum Gasteiger partial charge on any atom is -0.482 e. The van der Waals surface area contributed by atoms with E-state index < -0.39 is 0 Å². The van der Waals surface area contributed by atoms with Crippen LogP contribution in [0.4, 0.5) is 40.5 Å². The summed E-state index contributed by atoms with van der Waals surface area (Å²) in [5.74, 6) is 4.29. The number of aromatic nitrogens is 15. The third-order valence-corrected chi connectivity index (χ3v) is 30.3. The first-order valence-electron chi connectivity index (χ1n) is 49.9. The quantitative estimate of drug-likeness (QED) is 0.0880. The first-order chi connectivity index (χ1) is 71.2. The molecular weight excluding hydrogens is 1860 g/mol. The normalized spacial score (nSPS) is 21.2. The number of hydrogen-bond acceptors (Lipinski definition) is 30. The van der Waals surface area contributed by atoms with Crippen molar-refractivity contribution in [1.29, 1.82) is 26.3 Å². The van der Waals surface area contributed by atoms with E-state index >= 15 is 0 Å². The molecule has 5 aromatic carbocycles. The van der Waals surface area contributed by atoms with E-state index in [0.717, 1.165) is 154 Å². The van der Waals surface area contributed by atoms with Gasteiger partial charge >= 0.3 is 0 Å². The topological polar surface area (TPSA) is 464 Å². The summed E-state index contributed by atoms with van der Waals surface area (Å²) in [7, 11) is 11.2. The van der Waals surface area contributed by atoms with E-state index in [9.17, 15) is 26.3 Å². The van der Waals surface area contributed by atoms with Crippen LogP contribution in [-0.2, 0) is 67.6 Å². The maximum atomic E-state index is 9.77. The molecule has 13 atom stereocenters. The Hall–Kier alpha value is -17.2. The molecule has 8 unspecified atom stereocenters. The number of likely N-dealkylation sites (N-methyl/N-ethyl adjacent to an activating group) is 1. The number of anilines is 7. The molecule has 35 nitrogen and oxygen atoms in total. The van der Waals surface area contributed by atoms with Crippen molar-refractivity contribution >= 4 is 40.5 Å². The van der Waals surface area contributed by atoms with Gasteiger partial charge in [0.15, 0.2) is 57.8 Å². The molecule has 10 bridgehead atoms. The van der Waals surface area contributed by atoms with Crippen molar-refractivity contribution in [1.82, 2.24) is 88.5 Å². The Balaban J connectivity index is 0.000000108. The van der Waals surface area contributed by atoms with Gasteiger partial charge in [-0.15, -0.1) is 0 Å². The van der Waals surface area contributed by atoms with E-state index in [1.54, 1.807) is 82.6 Å². The van der Waals surface area contributed by atoms with Gasteiger partial charge in [-0.3, -0.25) is 38.1 Å². The summed E-state index contributed by atoms with van der Waals surface area (Å²) in [6.45, 7) is 25.9. The number of hydrogen-bond donors (Lipinski definition) is 5. The van der Waals surface area contributed by atoms with Crippen molar-refractivity contribution in [3.63, 3.8) is 0 Å². The van der Waals surface area contributed by atoms with Crippen molar-refractivity contribution in [3.05, 3.63) is 282 Å². The van der Waals surface area contributed by atoms with E-state index in [4.69, 9.17) is 57.5 Å². The Kier molecular flexibility index (Phi) is 25.2. The molecule has 35 heteroatoms. The maximum absolute atomic E-state index is 9.77. The van der Waals surface area contributed by atoms with E-state index in [2.05, 4.69) is 240 Å². The van der Waals surface area contributed by atoms with Gasteiger partial charge in [-0.05, 0) is 165 Å². The third kappa shape index (κ3) is 17.9. The van der Waals surface area contributed by atoms with Gasteiger partial charge < -0.3 is 62.2 Å².